The molecule has 0 fully saturated rings. The zero-order chi connectivity index (χ0) is 14.5. The van der Waals surface area contributed by atoms with Gasteiger partial charge < -0.3 is 9.47 Å². The number of ether oxygens (including phenoxy) is 2. The molecule has 0 aliphatic carbocycles. The van der Waals surface area contributed by atoms with E-state index in [4.69, 9.17) is 9.47 Å². The van der Waals surface area contributed by atoms with Crippen molar-refractivity contribution in [2.75, 3.05) is 13.2 Å². The molecule has 104 valence electrons. The summed E-state index contributed by atoms with van der Waals surface area (Å²) >= 11 is 2.16. The Labute approximate surface area is 126 Å². The SMILES string of the molecule is CCOC(=O)C(C)(C(=O)OCC)c1ccc(I)cc1. The summed E-state index contributed by atoms with van der Waals surface area (Å²) in [5, 5.41) is 0. The number of benzene rings is 1. The van der Waals surface area contributed by atoms with E-state index >= 15 is 0 Å². The Morgan fingerprint density at radius 3 is 1.84 bits per heavy atom. The second kappa shape index (κ2) is 6.88. The topological polar surface area (TPSA) is 52.6 Å². The van der Waals surface area contributed by atoms with Gasteiger partial charge in [-0.3, -0.25) is 9.59 Å². The first-order valence-electron chi connectivity index (χ1n) is 6.07. The van der Waals surface area contributed by atoms with Crippen LogP contribution in [0.25, 0.3) is 0 Å². The highest BCUT2D eigenvalue weighted by atomic mass is 127. The predicted octanol–water partition coefficient (Wildman–Crippen LogP) is 2.68. The summed E-state index contributed by atoms with van der Waals surface area (Å²) in [6.07, 6.45) is 0. The van der Waals surface area contributed by atoms with Crippen LogP contribution in [-0.2, 0) is 24.5 Å². The van der Waals surface area contributed by atoms with Crippen molar-refractivity contribution in [3.8, 4) is 0 Å². The molecule has 0 heterocycles. The van der Waals surface area contributed by atoms with Crippen molar-refractivity contribution in [3.63, 3.8) is 0 Å². The number of hydrogen-bond donors (Lipinski definition) is 0. The van der Waals surface area contributed by atoms with Crippen LogP contribution in [0.4, 0.5) is 0 Å². The van der Waals surface area contributed by atoms with Crippen LogP contribution in [-0.4, -0.2) is 25.2 Å². The van der Waals surface area contributed by atoms with Gasteiger partial charge in [0.25, 0.3) is 0 Å². The van der Waals surface area contributed by atoms with Crippen molar-refractivity contribution in [2.45, 2.75) is 26.2 Å². The monoisotopic (exact) mass is 376 g/mol. The molecular formula is C14H17IO4. The number of halogens is 1. The second-order valence-electron chi connectivity index (χ2n) is 4.07. The summed E-state index contributed by atoms with van der Waals surface area (Å²) in [5.74, 6) is -1.18. The fraction of sp³-hybridized carbons (Fsp3) is 0.429. The van der Waals surface area contributed by atoms with E-state index in [2.05, 4.69) is 22.6 Å². The quantitative estimate of drug-likeness (QED) is 0.451. The van der Waals surface area contributed by atoms with Gasteiger partial charge in [0, 0.05) is 3.57 Å². The summed E-state index contributed by atoms with van der Waals surface area (Å²) in [4.78, 5) is 24.3. The number of carbonyl (C=O) groups excluding carboxylic acids is 2. The molecule has 0 amide bonds. The van der Waals surface area contributed by atoms with Crippen molar-refractivity contribution in [2.24, 2.45) is 0 Å². The van der Waals surface area contributed by atoms with Gasteiger partial charge >= 0.3 is 11.9 Å². The lowest BCUT2D eigenvalue weighted by Gasteiger charge is -2.25. The molecular weight excluding hydrogens is 359 g/mol. The van der Waals surface area contributed by atoms with E-state index in [0.29, 0.717) is 5.56 Å². The average Bonchev–Trinajstić information content (AvgIpc) is 2.39. The Balaban J connectivity index is 3.21. The third-order valence-electron chi connectivity index (χ3n) is 2.79. The van der Waals surface area contributed by atoms with Gasteiger partial charge in [-0.2, -0.15) is 0 Å². The Morgan fingerprint density at radius 2 is 1.47 bits per heavy atom. The lowest BCUT2D eigenvalue weighted by molar-refractivity contribution is -0.163. The van der Waals surface area contributed by atoms with Crippen LogP contribution in [0, 0.1) is 3.57 Å². The normalized spacial score (nSPS) is 10.9. The van der Waals surface area contributed by atoms with Crippen LogP contribution in [0.15, 0.2) is 24.3 Å². The van der Waals surface area contributed by atoms with Crippen molar-refractivity contribution in [1.29, 1.82) is 0 Å². The standard InChI is InChI=1S/C14H17IO4/c1-4-18-12(16)14(3,13(17)19-5-2)10-6-8-11(15)9-7-10/h6-9H,4-5H2,1-3H3. The third kappa shape index (κ3) is 3.46. The smallest absolute Gasteiger partial charge is 0.327 e. The van der Waals surface area contributed by atoms with Crippen LogP contribution in [0.2, 0.25) is 0 Å². The minimum atomic E-state index is -1.42. The molecule has 0 aliphatic heterocycles. The highest BCUT2D eigenvalue weighted by Crippen LogP contribution is 2.28. The summed E-state index contributed by atoms with van der Waals surface area (Å²) in [7, 11) is 0. The summed E-state index contributed by atoms with van der Waals surface area (Å²) < 4.78 is 11.1. The maximum atomic E-state index is 12.1. The summed E-state index contributed by atoms with van der Waals surface area (Å²) in [6.45, 7) is 5.39. The van der Waals surface area contributed by atoms with Crippen molar-refractivity contribution < 1.29 is 19.1 Å². The van der Waals surface area contributed by atoms with E-state index in [0.717, 1.165) is 3.57 Å². The van der Waals surface area contributed by atoms with Gasteiger partial charge in [-0.05, 0) is 61.1 Å². The largest absolute Gasteiger partial charge is 0.465 e. The first-order chi connectivity index (χ1) is 8.96. The first kappa shape index (κ1) is 15.9. The zero-order valence-corrected chi connectivity index (χ0v) is 13.4. The highest BCUT2D eigenvalue weighted by Gasteiger charge is 2.46. The highest BCUT2D eigenvalue weighted by molar-refractivity contribution is 14.1. The van der Waals surface area contributed by atoms with Gasteiger partial charge in [-0.1, -0.05) is 12.1 Å². The Kier molecular flexibility index (Phi) is 5.78. The van der Waals surface area contributed by atoms with Crippen LogP contribution >= 0.6 is 22.6 Å². The van der Waals surface area contributed by atoms with Gasteiger partial charge in [0.15, 0.2) is 5.41 Å². The van der Waals surface area contributed by atoms with Gasteiger partial charge in [-0.15, -0.1) is 0 Å². The molecule has 5 heteroatoms. The molecule has 0 atom stereocenters. The number of esters is 2. The molecule has 1 aromatic rings. The summed E-state index contributed by atoms with van der Waals surface area (Å²) in [6, 6.07) is 7.17. The second-order valence-corrected chi connectivity index (χ2v) is 5.32. The van der Waals surface area contributed by atoms with E-state index in [1.165, 1.54) is 6.92 Å². The predicted molar refractivity (Wildman–Crippen MR) is 79.8 cm³/mol. The maximum Gasteiger partial charge on any atom is 0.327 e. The molecule has 0 radical (unpaired) electrons. The first-order valence-corrected chi connectivity index (χ1v) is 7.15. The molecule has 0 spiro atoms. The fourth-order valence-corrected chi connectivity index (χ4v) is 2.01. The van der Waals surface area contributed by atoms with Crippen molar-refractivity contribution in [3.05, 3.63) is 33.4 Å². The average molecular weight is 376 g/mol. The van der Waals surface area contributed by atoms with E-state index in [1.807, 2.05) is 12.1 Å². The maximum absolute atomic E-state index is 12.1. The molecule has 4 nitrogen and oxygen atoms in total. The molecule has 0 N–H and O–H groups in total. The summed E-state index contributed by atoms with van der Waals surface area (Å²) in [5.41, 5.74) is -0.846. The molecule has 0 saturated heterocycles. The lowest BCUT2D eigenvalue weighted by Crippen LogP contribution is -2.43. The van der Waals surface area contributed by atoms with E-state index in [1.54, 1.807) is 26.0 Å². The fourth-order valence-electron chi connectivity index (χ4n) is 1.65. The van der Waals surface area contributed by atoms with Gasteiger partial charge in [-0.25, -0.2) is 0 Å². The molecule has 1 rings (SSSR count). The Morgan fingerprint density at radius 1 is 1.05 bits per heavy atom. The van der Waals surface area contributed by atoms with Gasteiger partial charge in [0.2, 0.25) is 0 Å². The number of hydrogen-bond acceptors (Lipinski definition) is 4. The molecule has 0 unspecified atom stereocenters. The minimum absolute atomic E-state index is 0.220. The third-order valence-corrected chi connectivity index (χ3v) is 3.51. The molecule has 1 aromatic carbocycles. The molecule has 0 bridgehead atoms. The molecule has 19 heavy (non-hydrogen) atoms. The number of carbonyl (C=O) groups is 2. The Hall–Kier alpha value is -1.11. The zero-order valence-electron chi connectivity index (χ0n) is 11.2. The lowest BCUT2D eigenvalue weighted by atomic mass is 9.82. The van der Waals surface area contributed by atoms with Crippen LogP contribution in [0.5, 0.6) is 0 Å². The molecule has 0 aliphatic rings. The van der Waals surface area contributed by atoms with Crippen LogP contribution < -0.4 is 0 Å². The van der Waals surface area contributed by atoms with E-state index in [-0.39, 0.29) is 13.2 Å². The van der Waals surface area contributed by atoms with E-state index in [9.17, 15) is 9.59 Å². The Bertz CT molecular complexity index is 435. The van der Waals surface area contributed by atoms with Crippen LogP contribution in [0.1, 0.15) is 26.3 Å². The van der Waals surface area contributed by atoms with Gasteiger partial charge in [0.1, 0.15) is 0 Å². The molecule has 0 aromatic heterocycles. The van der Waals surface area contributed by atoms with Crippen molar-refractivity contribution in [1.82, 2.24) is 0 Å². The minimum Gasteiger partial charge on any atom is -0.465 e. The van der Waals surface area contributed by atoms with Crippen LogP contribution in [0.3, 0.4) is 0 Å². The number of rotatable bonds is 5. The van der Waals surface area contributed by atoms with Gasteiger partial charge in [0.05, 0.1) is 13.2 Å². The van der Waals surface area contributed by atoms with Crippen molar-refractivity contribution >= 4 is 34.5 Å². The van der Waals surface area contributed by atoms with E-state index < -0.39 is 17.4 Å². The molecule has 0 saturated carbocycles.